The summed E-state index contributed by atoms with van der Waals surface area (Å²) in [5.41, 5.74) is 4.10. The number of para-hydroxylation sites is 1. The molecule has 0 fully saturated rings. The molecular formula is C32H22BrClFN3O6. The van der Waals surface area contributed by atoms with E-state index in [1.54, 1.807) is 54.6 Å². The molecule has 0 saturated heterocycles. The number of carbonyl (C=O) groups is 3. The minimum absolute atomic E-state index is 0.0578. The zero-order valence-corrected chi connectivity index (χ0v) is 25.5. The second-order valence-corrected chi connectivity index (χ2v) is 10.6. The molecule has 222 valence electrons. The lowest BCUT2D eigenvalue weighted by atomic mass is 10.0. The van der Waals surface area contributed by atoms with Crippen molar-refractivity contribution in [3.05, 3.63) is 111 Å². The van der Waals surface area contributed by atoms with E-state index in [-0.39, 0.29) is 34.0 Å². The van der Waals surface area contributed by atoms with E-state index in [9.17, 15) is 18.8 Å². The number of esters is 2. The van der Waals surface area contributed by atoms with Gasteiger partial charge in [0, 0.05) is 38.5 Å². The van der Waals surface area contributed by atoms with Gasteiger partial charge in [-0.05, 0) is 48.5 Å². The van der Waals surface area contributed by atoms with E-state index < -0.39 is 23.7 Å². The third kappa shape index (κ3) is 6.48. The summed E-state index contributed by atoms with van der Waals surface area (Å²) in [5.74, 6) is -1.98. The number of hydrazone groups is 1. The molecular weight excluding hydrogens is 657 g/mol. The average molecular weight is 679 g/mol. The van der Waals surface area contributed by atoms with Crippen molar-refractivity contribution < 1.29 is 33.0 Å². The third-order valence-electron chi connectivity index (χ3n) is 6.35. The van der Waals surface area contributed by atoms with Crippen LogP contribution in [0.5, 0.6) is 17.2 Å². The highest BCUT2D eigenvalue weighted by molar-refractivity contribution is 9.10. The van der Waals surface area contributed by atoms with Crippen molar-refractivity contribution in [2.24, 2.45) is 5.10 Å². The first-order valence-electron chi connectivity index (χ1n) is 12.9. The molecule has 5 rings (SSSR count). The average Bonchev–Trinajstić information content (AvgIpc) is 3.39. The van der Waals surface area contributed by atoms with Crippen molar-refractivity contribution in [3.8, 4) is 28.4 Å². The summed E-state index contributed by atoms with van der Waals surface area (Å²) in [6.07, 6.45) is 1.30. The summed E-state index contributed by atoms with van der Waals surface area (Å²) in [6, 6.07) is 20.5. The fourth-order valence-electron chi connectivity index (χ4n) is 4.42. The van der Waals surface area contributed by atoms with Gasteiger partial charge in [0.25, 0.3) is 5.91 Å². The molecule has 1 amide bonds. The molecule has 4 aromatic carbocycles. The first-order valence-corrected chi connectivity index (χ1v) is 14.1. The fraction of sp³-hybridized carbons (Fsp3) is 0.0625. The van der Waals surface area contributed by atoms with Crippen LogP contribution in [0.15, 0.2) is 88.4 Å². The predicted molar refractivity (Wildman–Crippen MR) is 167 cm³/mol. The number of aromatic amines is 1. The van der Waals surface area contributed by atoms with Gasteiger partial charge in [0.15, 0.2) is 11.5 Å². The number of hydrogen-bond acceptors (Lipinski definition) is 7. The lowest BCUT2D eigenvalue weighted by Gasteiger charge is -2.11. The SMILES string of the molecule is COc1cc(C(=O)Oc2ccc(Br)cc2C=NNC(=O)c2[nH]c3c(F)cccc3c2-c2ccccc2Cl)ccc1OC(C)=O. The Bertz CT molecular complexity index is 1960. The van der Waals surface area contributed by atoms with E-state index in [0.29, 0.717) is 31.6 Å². The van der Waals surface area contributed by atoms with Crippen molar-refractivity contribution in [3.63, 3.8) is 0 Å². The van der Waals surface area contributed by atoms with E-state index in [0.717, 1.165) is 0 Å². The number of nitrogens with one attached hydrogen (secondary N) is 2. The Kier molecular flexibility index (Phi) is 9.07. The molecule has 0 bridgehead atoms. The molecule has 1 aromatic heterocycles. The molecule has 9 nitrogen and oxygen atoms in total. The lowest BCUT2D eigenvalue weighted by Crippen LogP contribution is -2.19. The van der Waals surface area contributed by atoms with Crippen LogP contribution in [-0.4, -0.2) is 36.2 Å². The molecule has 1 heterocycles. The van der Waals surface area contributed by atoms with Gasteiger partial charge in [-0.1, -0.05) is 57.9 Å². The molecule has 0 unspecified atom stereocenters. The number of amides is 1. The van der Waals surface area contributed by atoms with E-state index in [1.807, 2.05) is 0 Å². The molecule has 2 N–H and O–H groups in total. The zero-order valence-electron chi connectivity index (χ0n) is 23.1. The summed E-state index contributed by atoms with van der Waals surface area (Å²) >= 11 is 9.82. The summed E-state index contributed by atoms with van der Waals surface area (Å²) in [5, 5.41) is 4.93. The minimum Gasteiger partial charge on any atom is -0.493 e. The van der Waals surface area contributed by atoms with Gasteiger partial charge >= 0.3 is 11.9 Å². The van der Waals surface area contributed by atoms with Crippen LogP contribution in [0.2, 0.25) is 5.02 Å². The number of H-pyrrole nitrogens is 1. The van der Waals surface area contributed by atoms with Crippen LogP contribution in [0.3, 0.4) is 0 Å². The number of nitrogens with zero attached hydrogens (tertiary/aromatic N) is 1. The maximum Gasteiger partial charge on any atom is 0.343 e. The van der Waals surface area contributed by atoms with Gasteiger partial charge in [-0.2, -0.15) is 5.10 Å². The summed E-state index contributed by atoms with van der Waals surface area (Å²) in [7, 11) is 1.37. The van der Waals surface area contributed by atoms with Gasteiger partial charge in [0.2, 0.25) is 0 Å². The normalized spacial score (nSPS) is 11.0. The molecule has 0 saturated carbocycles. The Morgan fingerprint density at radius 1 is 0.955 bits per heavy atom. The van der Waals surface area contributed by atoms with Crippen LogP contribution in [0.1, 0.15) is 33.3 Å². The molecule has 44 heavy (non-hydrogen) atoms. The first kappa shape index (κ1) is 30.5. The number of benzene rings is 4. The van der Waals surface area contributed by atoms with Gasteiger partial charge in [-0.25, -0.2) is 14.6 Å². The largest absolute Gasteiger partial charge is 0.493 e. The maximum absolute atomic E-state index is 14.7. The van der Waals surface area contributed by atoms with Crippen molar-refractivity contribution in [1.29, 1.82) is 0 Å². The van der Waals surface area contributed by atoms with Crippen LogP contribution in [0.4, 0.5) is 4.39 Å². The van der Waals surface area contributed by atoms with Crippen molar-refractivity contribution in [2.75, 3.05) is 7.11 Å². The first-order chi connectivity index (χ1) is 21.2. The second kappa shape index (κ2) is 13.1. The van der Waals surface area contributed by atoms with Gasteiger partial charge in [0.1, 0.15) is 17.3 Å². The van der Waals surface area contributed by atoms with Crippen molar-refractivity contribution >= 4 is 62.5 Å². The number of carbonyl (C=O) groups excluding carboxylic acids is 3. The Hall–Kier alpha value is -5.00. The molecule has 0 spiro atoms. The molecule has 0 radical (unpaired) electrons. The van der Waals surface area contributed by atoms with Crippen molar-refractivity contribution in [2.45, 2.75) is 6.92 Å². The second-order valence-electron chi connectivity index (χ2n) is 9.25. The van der Waals surface area contributed by atoms with Crippen LogP contribution in [0, 0.1) is 5.82 Å². The number of halogens is 3. The lowest BCUT2D eigenvalue weighted by molar-refractivity contribution is -0.132. The topological polar surface area (TPSA) is 119 Å². The Morgan fingerprint density at radius 3 is 2.48 bits per heavy atom. The third-order valence-corrected chi connectivity index (χ3v) is 7.17. The van der Waals surface area contributed by atoms with E-state index in [1.165, 1.54) is 44.5 Å². The van der Waals surface area contributed by atoms with E-state index in [4.69, 9.17) is 25.8 Å². The molecule has 0 aliphatic rings. The number of methoxy groups -OCH3 is 1. The fourth-order valence-corrected chi connectivity index (χ4v) is 5.03. The van der Waals surface area contributed by atoms with Crippen LogP contribution in [0.25, 0.3) is 22.0 Å². The van der Waals surface area contributed by atoms with E-state index >= 15 is 0 Å². The molecule has 0 aliphatic carbocycles. The van der Waals surface area contributed by atoms with Crippen LogP contribution < -0.4 is 19.6 Å². The summed E-state index contributed by atoms with van der Waals surface area (Å²) in [4.78, 5) is 40.5. The highest BCUT2D eigenvalue weighted by Crippen LogP contribution is 2.37. The quantitative estimate of drug-likeness (QED) is 0.0769. The summed E-state index contributed by atoms with van der Waals surface area (Å²) < 4.78 is 31.2. The Balaban J connectivity index is 1.40. The molecule has 12 heteroatoms. The van der Waals surface area contributed by atoms with Gasteiger partial charge in [-0.3, -0.25) is 9.59 Å². The van der Waals surface area contributed by atoms with Crippen LogP contribution in [-0.2, 0) is 4.79 Å². The number of rotatable bonds is 8. The Labute approximate surface area is 263 Å². The number of fused-ring (bicyclic) bond motifs is 1. The van der Waals surface area contributed by atoms with Gasteiger partial charge in [-0.15, -0.1) is 0 Å². The zero-order chi connectivity index (χ0) is 31.4. The van der Waals surface area contributed by atoms with Gasteiger partial charge < -0.3 is 19.2 Å². The maximum atomic E-state index is 14.7. The minimum atomic E-state index is -0.719. The standard InChI is InChI=1S/C32H22BrClFN3O6/c1-17(39)43-26-12-10-18(15-27(26)42-2)32(41)44-25-13-11-20(33)14-19(25)16-36-38-31(40)30-28(21-6-3-4-8-23(21)34)22-7-5-9-24(35)29(22)37-30/h3-16,37H,1-2H3,(H,38,40). The summed E-state index contributed by atoms with van der Waals surface area (Å²) in [6.45, 7) is 1.25. The number of ether oxygens (including phenoxy) is 3. The highest BCUT2D eigenvalue weighted by atomic mass is 79.9. The Morgan fingerprint density at radius 2 is 1.73 bits per heavy atom. The van der Waals surface area contributed by atoms with E-state index in [2.05, 4.69) is 31.4 Å². The number of aromatic nitrogens is 1. The van der Waals surface area contributed by atoms with Gasteiger partial charge in [0.05, 0.1) is 24.4 Å². The monoisotopic (exact) mass is 677 g/mol. The molecule has 0 atom stereocenters. The highest BCUT2D eigenvalue weighted by Gasteiger charge is 2.22. The van der Waals surface area contributed by atoms with Crippen molar-refractivity contribution in [1.82, 2.24) is 10.4 Å². The smallest absolute Gasteiger partial charge is 0.343 e. The van der Waals surface area contributed by atoms with Crippen LogP contribution >= 0.6 is 27.5 Å². The molecule has 5 aromatic rings. The molecule has 0 aliphatic heterocycles. The number of hydrogen-bond donors (Lipinski definition) is 2. The predicted octanol–water partition coefficient (Wildman–Crippen LogP) is 7.31.